The lowest BCUT2D eigenvalue weighted by Gasteiger charge is -2.34. The van der Waals surface area contributed by atoms with Crippen LogP contribution in [0, 0.1) is 0 Å². The van der Waals surface area contributed by atoms with E-state index in [0.29, 0.717) is 12.1 Å². The molecule has 0 bridgehead atoms. The highest BCUT2D eigenvalue weighted by Crippen LogP contribution is 2.13. The van der Waals surface area contributed by atoms with Crippen molar-refractivity contribution < 1.29 is 9.53 Å². The van der Waals surface area contributed by atoms with Gasteiger partial charge in [-0.15, -0.1) is 0 Å². The van der Waals surface area contributed by atoms with Crippen molar-refractivity contribution in [2.24, 2.45) is 0 Å². The maximum Gasteiger partial charge on any atom is 0.324 e. The van der Waals surface area contributed by atoms with Crippen molar-refractivity contribution in [2.45, 2.75) is 65.2 Å². The molecule has 0 heterocycles. The van der Waals surface area contributed by atoms with E-state index in [2.05, 4.69) is 32.6 Å². The second-order valence-electron chi connectivity index (χ2n) is 4.29. The molecule has 0 radical (unpaired) electrons. The molecule has 4 heteroatoms. The molecule has 15 heavy (non-hydrogen) atoms. The molecular weight excluding hydrogens is 214 g/mol. The maximum atomic E-state index is 11.7. The van der Waals surface area contributed by atoms with Gasteiger partial charge in [0.05, 0.1) is 0 Å². The predicted molar refractivity (Wildman–Crippen MR) is 63.0 cm³/mol. The number of ether oxygens (including phenoxy) is 1. The summed E-state index contributed by atoms with van der Waals surface area (Å²) >= 11 is 5.62. The van der Waals surface area contributed by atoms with E-state index in [4.69, 9.17) is 16.3 Å². The first-order valence-corrected chi connectivity index (χ1v) is 5.83. The molecule has 3 nitrogen and oxygen atoms in total. The summed E-state index contributed by atoms with van der Waals surface area (Å²) in [7, 11) is 0. The average molecular weight is 236 g/mol. The average Bonchev–Trinajstić information content (AvgIpc) is 2.00. The van der Waals surface area contributed by atoms with Gasteiger partial charge in [-0.25, -0.2) is 0 Å². The van der Waals surface area contributed by atoms with Crippen molar-refractivity contribution in [2.75, 3.05) is 0 Å². The third-order valence-corrected chi connectivity index (χ3v) is 2.35. The molecule has 0 fully saturated rings. The number of rotatable bonds is 5. The van der Waals surface area contributed by atoms with Crippen LogP contribution in [0.2, 0.25) is 0 Å². The highest BCUT2D eigenvalue weighted by molar-refractivity contribution is 6.20. The Kier molecular flexibility index (Phi) is 6.22. The molecule has 0 aromatic heterocycles. The van der Waals surface area contributed by atoms with Gasteiger partial charge in [-0.1, -0.05) is 11.6 Å². The van der Waals surface area contributed by atoms with Gasteiger partial charge in [0.25, 0.3) is 0 Å². The number of esters is 1. The van der Waals surface area contributed by atoms with Gasteiger partial charge >= 0.3 is 5.97 Å². The Hall–Kier alpha value is -0.280. The Morgan fingerprint density at radius 2 is 1.47 bits per heavy atom. The zero-order valence-electron chi connectivity index (χ0n) is 10.5. The number of carbonyl (C=O) groups excluding carboxylic acids is 1. The summed E-state index contributed by atoms with van der Waals surface area (Å²) in [5.41, 5.74) is -0.568. The van der Waals surface area contributed by atoms with Gasteiger partial charge in [0.2, 0.25) is 0 Å². The van der Waals surface area contributed by atoms with Crippen LogP contribution in [0.25, 0.3) is 0 Å². The van der Waals surface area contributed by atoms with E-state index in [9.17, 15) is 4.79 Å². The lowest BCUT2D eigenvalue weighted by atomic mass is 10.1. The maximum absolute atomic E-state index is 11.7. The molecule has 0 N–H and O–H groups in total. The van der Waals surface area contributed by atoms with Crippen LogP contribution in [0.15, 0.2) is 0 Å². The second-order valence-corrected chi connectivity index (χ2v) is 4.91. The number of carbonyl (C=O) groups is 1. The Labute approximate surface area is 97.7 Å². The van der Waals surface area contributed by atoms with E-state index in [1.54, 1.807) is 6.92 Å². The minimum absolute atomic E-state index is 0.258. The van der Waals surface area contributed by atoms with E-state index in [1.807, 2.05) is 6.92 Å². The number of hydrogen-bond donors (Lipinski definition) is 0. The molecule has 0 rings (SSSR count). The largest absolute Gasteiger partial charge is 0.445 e. The van der Waals surface area contributed by atoms with Gasteiger partial charge < -0.3 is 4.74 Å². The van der Waals surface area contributed by atoms with Gasteiger partial charge in [0, 0.05) is 12.1 Å². The van der Waals surface area contributed by atoms with E-state index < -0.39 is 5.56 Å². The zero-order chi connectivity index (χ0) is 12.2. The second kappa shape index (κ2) is 6.33. The number of hydrogen-bond acceptors (Lipinski definition) is 3. The molecule has 0 saturated heterocycles. The Balaban J connectivity index is 4.49. The SMILES string of the molecule is CC(Cl)OC(=O)C(C)N(C(C)C)C(C)C. The molecule has 0 aromatic rings. The molecule has 0 aliphatic carbocycles. The fraction of sp³-hybridized carbons (Fsp3) is 0.909. The fourth-order valence-corrected chi connectivity index (χ4v) is 1.96. The van der Waals surface area contributed by atoms with Crippen molar-refractivity contribution in [3.63, 3.8) is 0 Å². The van der Waals surface area contributed by atoms with E-state index in [-0.39, 0.29) is 12.0 Å². The molecule has 0 spiro atoms. The summed E-state index contributed by atoms with van der Waals surface area (Å²) in [5.74, 6) is -0.264. The van der Waals surface area contributed by atoms with E-state index in [1.165, 1.54) is 0 Å². The lowest BCUT2D eigenvalue weighted by molar-refractivity contribution is -0.152. The van der Waals surface area contributed by atoms with Crippen LogP contribution in [0.1, 0.15) is 41.5 Å². The van der Waals surface area contributed by atoms with Crippen LogP contribution in [-0.4, -0.2) is 34.6 Å². The quantitative estimate of drug-likeness (QED) is 0.542. The fourth-order valence-electron chi connectivity index (χ4n) is 1.87. The third kappa shape index (κ3) is 4.85. The molecule has 0 aliphatic rings. The molecule has 0 saturated carbocycles. The molecule has 90 valence electrons. The third-order valence-electron chi connectivity index (χ3n) is 2.26. The van der Waals surface area contributed by atoms with Crippen LogP contribution in [0.3, 0.4) is 0 Å². The minimum atomic E-state index is -0.568. The summed E-state index contributed by atoms with van der Waals surface area (Å²) in [6, 6.07) is 0.350. The summed E-state index contributed by atoms with van der Waals surface area (Å²) in [6.07, 6.45) is 0. The molecule has 0 aromatic carbocycles. The first kappa shape index (κ1) is 14.7. The molecule has 0 amide bonds. The van der Waals surface area contributed by atoms with Crippen molar-refractivity contribution in [1.29, 1.82) is 0 Å². The first-order chi connectivity index (χ1) is 6.77. The highest BCUT2D eigenvalue weighted by Gasteiger charge is 2.27. The molecular formula is C11H22ClNO2. The number of halogens is 1. The van der Waals surface area contributed by atoms with Gasteiger partial charge in [0.1, 0.15) is 6.04 Å². The molecule has 0 aliphatic heterocycles. The van der Waals surface area contributed by atoms with Gasteiger partial charge in [0.15, 0.2) is 5.56 Å². The van der Waals surface area contributed by atoms with Crippen molar-refractivity contribution in [3.8, 4) is 0 Å². The normalized spacial score (nSPS) is 15.9. The summed E-state index contributed by atoms with van der Waals surface area (Å²) in [6.45, 7) is 11.7. The van der Waals surface area contributed by atoms with Crippen molar-refractivity contribution in [1.82, 2.24) is 4.90 Å². The van der Waals surface area contributed by atoms with Gasteiger partial charge in [-0.05, 0) is 41.5 Å². The van der Waals surface area contributed by atoms with Gasteiger partial charge in [-0.3, -0.25) is 9.69 Å². The summed E-state index contributed by atoms with van der Waals surface area (Å²) < 4.78 is 4.98. The van der Waals surface area contributed by atoms with E-state index >= 15 is 0 Å². The topological polar surface area (TPSA) is 29.5 Å². The zero-order valence-corrected chi connectivity index (χ0v) is 11.2. The van der Waals surface area contributed by atoms with Gasteiger partial charge in [-0.2, -0.15) is 0 Å². The highest BCUT2D eigenvalue weighted by atomic mass is 35.5. The molecule has 2 unspecified atom stereocenters. The molecule has 2 atom stereocenters. The van der Waals surface area contributed by atoms with Crippen LogP contribution in [-0.2, 0) is 9.53 Å². The Morgan fingerprint density at radius 1 is 1.07 bits per heavy atom. The van der Waals surface area contributed by atoms with E-state index in [0.717, 1.165) is 0 Å². The van der Waals surface area contributed by atoms with Crippen LogP contribution >= 0.6 is 11.6 Å². The Morgan fingerprint density at radius 3 is 1.73 bits per heavy atom. The predicted octanol–water partition coefficient (Wildman–Crippen LogP) is 2.62. The first-order valence-electron chi connectivity index (χ1n) is 5.39. The van der Waals surface area contributed by atoms with Crippen molar-refractivity contribution >= 4 is 17.6 Å². The smallest absolute Gasteiger partial charge is 0.324 e. The Bertz CT molecular complexity index is 197. The standard InChI is InChI=1S/C11H22ClNO2/c1-7(2)13(8(3)4)9(5)11(14)15-10(6)12/h7-10H,1-6H3. The van der Waals surface area contributed by atoms with Crippen LogP contribution in [0.4, 0.5) is 0 Å². The number of nitrogens with zero attached hydrogens (tertiary/aromatic N) is 1. The van der Waals surface area contributed by atoms with Crippen molar-refractivity contribution in [3.05, 3.63) is 0 Å². The summed E-state index contributed by atoms with van der Waals surface area (Å²) in [4.78, 5) is 13.8. The van der Waals surface area contributed by atoms with Crippen LogP contribution < -0.4 is 0 Å². The lowest BCUT2D eigenvalue weighted by Crippen LogP contribution is -2.48. The minimum Gasteiger partial charge on any atom is -0.445 e. The number of alkyl halides is 1. The summed E-state index contributed by atoms with van der Waals surface area (Å²) in [5, 5.41) is 0. The van der Waals surface area contributed by atoms with Crippen LogP contribution in [0.5, 0.6) is 0 Å². The monoisotopic (exact) mass is 235 g/mol.